The van der Waals surface area contributed by atoms with Crippen molar-refractivity contribution < 1.29 is 18.3 Å². The van der Waals surface area contributed by atoms with Crippen molar-refractivity contribution >= 4 is 5.82 Å². The molecular weight excluding hydrogens is 416 g/mol. The summed E-state index contributed by atoms with van der Waals surface area (Å²) in [4.78, 5) is 6.64. The molecule has 3 aliphatic rings. The topological polar surface area (TPSA) is 78.4 Å². The average molecular weight is 448 g/mol. The minimum Gasteiger partial charge on any atom is -0.431 e. The van der Waals surface area contributed by atoms with E-state index in [1.807, 2.05) is 0 Å². The number of hydrogen-bond donors (Lipinski definition) is 1. The highest BCUT2D eigenvalue weighted by Crippen LogP contribution is 2.64. The number of alkyl halides is 2. The number of morpholine rings is 1. The van der Waals surface area contributed by atoms with Crippen LogP contribution in [0.5, 0.6) is 5.75 Å². The van der Waals surface area contributed by atoms with Crippen LogP contribution in [-0.4, -0.2) is 58.1 Å². The van der Waals surface area contributed by atoms with Gasteiger partial charge in [-0.25, -0.2) is 4.98 Å². The highest BCUT2D eigenvalue weighted by molar-refractivity contribution is 5.64. The number of ether oxygens (including phenoxy) is 2. The summed E-state index contributed by atoms with van der Waals surface area (Å²) in [6.45, 7) is 6.30. The fourth-order valence-corrected chi connectivity index (χ4v) is 5.72. The van der Waals surface area contributed by atoms with Crippen molar-refractivity contribution in [1.29, 1.82) is 0 Å². The molecule has 2 saturated carbocycles. The molecule has 0 amide bonds. The largest absolute Gasteiger partial charge is 0.431 e. The summed E-state index contributed by atoms with van der Waals surface area (Å²) in [7, 11) is 0. The van der Waals surface area contributed by atoms with Crippen LogP contribution in [0.2, 0.25) is 0 Å². The van der Waals surface area contributed by atoms with E-state index in [0.717, 1.165) is 19.7 Å². The normalized spacial score (nSPS) is 30.2. The van der Waals surface area contributed by atoms with Crippen LogP contribution in [0, 0.1) is 11.8 Å². The van der Waals surface area contributed by atoms with Gasteiger partial charge in [0.15, 0.2) is 11.6 Å². The Labute approximate surface area is 186 Å². The molecule has 5 atom stereocenters. The number of hydrogen-bond acceptors (Lipinski definition) is 6. The van der Waals surface area contributed by atoms with Crippen molar-refractivity contribution in [1.82, 2.24) is 19.7 Å². The summed E-state index contributed by atoms with van der Waals surface area (Å²) >= 11 is 0. The predicted octanol–water partition coefficient (Wildman–Crippen LogP) is 3.92. The number of fused-ring (bicyclic) bond motifs is 1. The SMILES string of the molecule is CC(C)n1nc(-c2cnc(N)c(OC(F)F)c2)cc1C1[C@H]2CC(N3CCO[C@@H](C)C3)C[C@@H]12. The zero-order valence-electron chi connectivity index (χ0n) is 18.7. The molecule has 9 heteroatoms. The first kappa shape index (κ1) is 21.6. The molecule has 0 aromatic carbocycles. The number of nitrogen functional groups attached to an aromatic ring is 1. The monoisotopic (exact) mass is 447 g/mol. The molecule has 1 saturated heterocycles. The van der Waals surface area contributed by atoms with Crippen LogP contribution < -0.4 is 10.5 Å². The lowest BCUT2D eigenvalue weighted by molar-refractivity contribution is -0.0494. The van der Waals surface area contributed by atoms with Crippen molar-refractivity contribution in [2.75, 3.05) is 25.4 Å². The van der Waals surface area contributed by atoms with Gasteiger partial charge in [-0.3, -0.25) is 9.58 Å². The molecule has 3 heterocycles. The minimum atomic E-state index is -2.95. The maximum absolute atomic E-state index is 12.7. The second-order valence-corrected chi connectivity index (χ2v) is 9.63. The number of halogens is 2. The summed E-state index contributed by atoms with van der Waals surface area (Å²) in [6.07, 6.45) is 4.31. The third-order valence-electron chi connectivity index (χ3n) is 7.20. The van der Waals surface area contributed by atoms with Gasteiger partial charge in [0, 0.05) is 48.5 Å². The van der Waals surface area contributed by atoms with Crippen LogP contribution >= 0.6 is 0 Å². The molecule has 2 aliphatic carbocycles. The average Bonchev–Trinajstić information content (AvgIpc) is 3.08. The Morgan fingerprint density at radius 2 is 1.97 bits per heavy atom. The highest BCUT2D eigenvalue weighted by atomic mass is 19.3. The van der Waals surface area contributed by atoms with E-state index < -0.39 is 6.61 Å². The van der Waals surface area contributed by atoms with E-state index in [0.29, 0.717) is 41.2 Å². The second kappa shape index (κ2) is 8.26. The molecule has 0 radical (unpaired) electrons. The quantitative estimate of drug-likeness (QED) is 0.723. The first-order chi connectivity index (χ1) is 15.3. The molecule has 32 heavy (non-hydrogen) atoms. The Kier molecular flexibility index (Phi) is 5.57. The van der Waals surface area contributed by atoms with Crippen LogP contribution in [0.3, 0.4) is 0 Å². The molecule has 5 rings (SSSR count). The molecule has 2 N–H and O–H groups in total. The molecule has 3 fully saturated rings. The summed E-state index contributed by atoms with van der Waals surface area (Å²) < 4.78 is 37.7. The van der Waals surface area contributed by atoms with Gasteiger partial charge in [0.05, 0.1) is 18.4 Å². The number of nitrogens with two attached hydrogens (primary N) is 1. The van der Waals surface area contributed by atoms with Gasteiger partial charge >= 0.3 is 6.61 Å². The number of rotatable bonds is 6. The predicted molar refractivity (Wildman–Crippen MR) is 117 cm³/mol. The number of nitrogens with zero attached hydrogens (tertiary/aromatic N) is 4. The van der Waals surface area contributed by atoms with Gasteiger partial charge in [-0.15, -0.1) is 0 Å². The molecule has 2 aromatic heterocycles. The van der Waals surface area contributed by atoms with Crippen LogP contribution in [0.4, 0.5) is 14.6 Å². The van der Waals surface area contributed by atoms with E-state index in [1.165, 1.54) is 24.6 Å². The van der Waals surface area contributed by atoms with Gasteiger partial charge in [0.1, 0.15) is 0 Å². The number of aromatic nitrogens is 3. The smallest absolute Gasteiger partial charge is 0.387 e. The lowest BCUT2D eigenvalue weighted by Gasteiger charge is -2.36. The molecule has 2 unspecified atom stereocenters. The molecule has 7 nitrogen and oxygen atoms in total. The van der Waals surface area contributed by atoms with Crippen molar-refractivity contribution in [3.05, 3.63) is 24.0 Å². The first-order valence-electron chi connectivity index (χ1n) is 11.5. The van der Waals surface area contributed by atoms with Crippen molar-refractivity contribution in [2.45, 2.75) is 64.3 Å². The first-order valence-corrected chi connectivity index (χ1v) is 11.5. The van der Waals surface area contributed by atoms with Gasteiger partial charge in [-0.05, 0) is 57.6 Å². The van der Waals surface area contributed by atoms with Crippen LogP contribution in [0.25, 0.3) is 11.3 Å². The van der Waals surface area contributed by atoms with Crippen molar-refractivity contribution in [3.8, 4) is 17.0 Å². The second-order valence-electron chi connectivity index (χ2n) is 9.63. The molecule has 174 valence electrons. The maximum atomic E-state index is 12.7. The Morgan fingerprint density at radius 3 is 2.62 bits per heavy atom. The van der Waals surface area contributed by atoms with Crippen LogP contribution in [0.1, 0.15) is 51.3 Å². The van der Waals surface area contributed by atoms with Gasteiger partial charge in [-0.1, -0.05) is 0 Å². The minimum absolute atomic E-state index is 0.0576. The van der Waals surface area contributed by atoms with Gasteiger partial charge in [0.2, 0.25) is 0 Å². The van der Waals surface area contributed by atoms with E-state index in [1.54, 1.807) is 6.20 Å². The fraction of sp³-hybridized carbons (Fsp3) is 0.652. The van der Waals surface area contributed by atoms with E-state index in [-0.39, 0.29) is 17.6 Å². The lowest BCUT2D eigenvalue weighted by atomic mass is 10.0. The number of anilines is 1. The summed E-state index contributed by atoms with van der Waals surface area (Å²) in [6, 6.07) is 4.44. The van der Waals surface area contributed by atoms with Crippen molar-refractivity contribution in [3.63, 3.8) is 0 Å². The summed E-state index contributed by atoms with van der Waals surface area (Å²) in [5, 5.41) is 4.80. The molecular formula is C23H31F2N5O2. The Bertz CT molecular complexity index is 969. The zero-order chi connectivity index (χ0) is 22.6. The van der Waals surface area contributed by atoms with E-state index in [4.69, 9.17) is 15.6 Å². The van der Waals surface area contributed by atoms with E-state index >= 15 is 0 Å². The van der Waals surface area contributed by atoms with Gasteiger partial charge < -0.3 is 15.2 Å². The number of pyridine rings is 1. The zero-order valence-corrected chi connectivity index (χ0v) is 18.7. The molecule has 2 aromatic rings. The van der Waals surface area contributed by atoms with Gasteiger partial charge in [-0.2, -0.15) is 13.9 Å². The maximum Gasteiger partial charge on any atom is 0.387 e. The third-order valence-corrected chi connectivity index (χ3v) is 7.20. The standard InChI is InChI=1S/C23H31F2N5O2/c1-12(2)30-19(9-18(28-30)14-6-20(32-23(24)25)22(26)27-10-14)21-16-7-15(8-17(16)21)29-4-5-31-13(3)11-29/h6,9-10,12-13,15-17,21,23H,4-5,7-8,11H2,1-3H3,(H2,26,27)/t13-,15?,16-,17+,21?/m0/s1. The molecule has 0 bridgehead atoms. The Morgan fingerprint density at radius 1 is 1.22 bits per heavy atom. The molecule has 0 spiro atoms. The van der Waals surface area contributed by atoms with Crippen molar-refractivity contribution in [2.24, 2.45) is 11.8 Å². The highest BCUT2D eigenvalue weighted by Gasteiger charge is 2.58. The van der Waals surface area contributed by atoms with E-state index in [9.17, 15) is 8.78 Å². The Balaban J connectivity index is 1.35. The summed E-state index contributed by atoms with van der Waals surface area (Å²) in [5.74, 6) is 1.69. The van der Waals surface area contributed by atoms with Crippen LogP contribution in [0.15, 0.2) is 18.3 Å². The fourth-order valence-electron chi connectivity index (χ4n) is 5.72. The van der Waals surface area contributed by atoms with Crippen LogP contribution in [-0.2, 0) is 4.74 Å². The summed E-state index contributed by atoms with van der Waals surface area (Å²) in [5.41, 5.74) is 8.26. The van der Waals surface area contributed by atoms with Gasteiger partial charge in [0.25, 0.3) is 0 Å². The lowest BCUT2D eigenvalue weighted by Crippen LogP contribution is -2.46. The Hall–Kier alpha value is -2.26. The third kappa shape index (κ3) is 3.96. The molecule has 1 aliphatic heterocycles. The van der Waals surface area contributed by atoms with E-state index in [2.05, 4.69) is 46.1 Å².